The minimum absolute atomic E-state index is 0.101. The number of anilines is 2. The van der Waals surface area contributed by atoms with E-state index in [0.717, 1.165) is 70.6 Å². The first-order valence-corrected chi connectivity index (χ1v) is 15.7. The maximum absolute atomic E-state index is 12.1. The van der Waals surface area contributed by atoms with Crippen molar-refractivity contribution in [3.8, 4) is 5.75 Å². The van der Waals surface area contributed by atoms with Gasteiger partial charge in [-0.2, -0.15) is 19.9 Å². The highest BCUT2D eigenvalue weighted by atomic mass is 32.2. The predicted octanol–water partition coefficient (Wildman–Crippen LogP) is 4.58. The zero-order valence-electron chi connectivity index (χ0n) is 24.0. The quantitative estimate of drug-likeness (QED) is 0.297. The Morgan fingerprint density at radius 2 is 1.79 bits per heavy atom. The lowest BCUT2D eigenvalue weighted by Gasteiger charge is -2.32. The molecule has 218 valence electrons. The molecular formula is C30H34N8O2S2. The number of rotatable bonds is 9. The van der Waals surface area contributed by atoms with E-state index in [9.17, 15) is 4.79 Å². The van der Waals surface area contributed by atoms with Crippen molar-refractivity contribution in [1.82, 2.24) is 24.4 Å². The number of amides is 1. The number of carbonyl (C=O) groups is 1. The Labute approximate surface area is 253 Å². The molecule has 0 spiro atoms. The molecule has 1 aliphatic carbocycles. The van der Waals surface area contributed by atoms with Crippen LogP contribution < -0.4 is 19.8 Å². The first kappa shape index (κ1) is 28.4. The van der Waals surface area contributed by atoms with Crippen molar-refractivity contribution in [2.45, 2.75) is 36.4 Å². The van der Waals surface area contributed by atoms with E-state index in [1.807, 2.05) is 36.4 Å². The number of thiazole rings is 1. The first-order valence-electron chi connectivity index (χ1n) is 14.0. The van der Waals surface area contributed by atoms with Crippen LogP contribution in [0.3, 0.4) is 0 Å². The third kappa shape index (κ3) is 7.18. The number of carbonyl (C=O) groups excluding carboxylic acids is 1. The van der Waals surface area contributed by atoms with Crippen molar-refractivity contribution >= 4 is 46.6 Å². The zero-order chi connectivity index (χ0) is 29.1. The standard InChI is InChI=1S/C30H34N8O2S2/c1-20-18-38(19-21-4-10-24(40-3)11-5-21)30(41-20)34-27-32-28(37-16-14-36(2)15-17-37)35-29(33-27)42-25-12-8-23(9-13-25)31-26(39)22-6-7-22/h4-5,8-13,18,22H,6-7,14-17,19H2,1-3H3,(H,31,39)/b34-30-. The first-order chi connectivity index (χ1) is 20.4. The van der Waals surface area contributed by atoms with Gasteiger partial charge >= 0.3 is 0 Å². The van der Waals surface area contributed by atoms with E-state index in [1.165, 1.54) is 11.8 Å². The summed E-state index contributed by atoms with van der Waals surface area (Å²) < 4.78 is 7.44. The van der Waals surface area contributed by atoms with Gasteiger partial charge in [-0.15, -0.1) is 11.3 Å². The van der Waals surface area contributed by atoms with E-state index in [0.29, 0.717) is 23.6 Å². The summed E-state index contributed by atoms with van der Waals surface area (Å²) in [4.78, 5) is 38.9. The van der Waals surface area contributed by atoms with E-state index in [4.69, 9.17) is 24.7 Å². The third-order valence-electron chi connectivity index (χ3n) is 7.20. The Bertz CT molecular complexity index is 1610. The average molecular weight is 603 g/mol. The van der Waals surface area contributed by atoms with Crippen molar-refractivity contribution in [2.75, 3.05) is 50.6 Å². The topological polar surface area (TPSA) is 101 Å². The number of methoxy groups -OCH3 is 1. The van der Waals surface area contributed by atoms with Gasteiger partial charge in [-0.3, -0.25) is 4.79 Å². The van der Waals surface area contributed by atoms with Crippen LogP contribution in [0.5, 0.6) is 5.75 Å². The van der Waals surface area contributed by atoms with Crippen LogP contribution in [0.25, 0.3) is 0 Å². The van der Waals surface area contributed by atoms with Gasteiger partial charge in [-0.05, 0) is 80.5 Å². The van der Waals surface area contributed by atoms with E-state index in [2.05, 4.69) is 52.0 Å². The molecule has 0 bridgehead atoms. The molecule has 12 heteroatoms. The number of benzene rings is 2. The van der Waals surface area contributed by atoms with Gasteiger partial charge in [0, 0.05) is 60.3 Å². The molecular weight excluding hydrogens is 569 g/mol. The second-order valence-electron chi connectivity index (χ2n) is 10.6. The molecule has 1 N–H and O–H groups in total. The van der Waals surface area contributed by atoms with Crippen LogP contribution in [-0.4, -0.2) is 70.7 Å². The second-order valence-corrected chi connectivity index (χ2v) is 12.9. The fraction of sp³-hybridized carbons (Fsp3) is 0.367. The van der Waals surface area contributed by atoms with Gasteiger partial charge in [-0.25, -0.2) is 0 Å². The van der Waals surface area contributed by atoms with Crippen molar-refractivity contribution < 1.29 is 9.53 Å². The Hall–Kier alpha value is -3.74. The van der Waals surface area contributed by atoms with E-state index in [1.54, 1.807) is 18.4 Å². The molecule has 1 saturated carbocycles. The number of piperazine rings is 1. The van der Waals surface area contributed by atoms with Gasteiger partial charge in [0.25, 0.3) is 5.95 Å². The van der Waals surface area contributed by atoms with Crippen molar-refractivity contribution in [3.63, 3.8) is 0 Å². The van der Waals surface area contributed by atoms with Gasteiger partial charge in [0.1, 0.15) is 5.75 Å². The number of nitrogens with one attached hydrogen (secondary N) is 1. The number of nitrogens with zero attached hydrogens (tertiary/aromatic N) is 7. The maximum Gasteiger partial charge on any atom is 0.257 e. The van der Waals surface area contributed by atoms with Gasteiger partial charge in [0.05, 0.1) is 7.11 Å². The number of ether oxygens (including phenoxy) is 1. The molecule has 0 unspecified atom stereocenters. The lowest BCUT2D eigenvalue weighted by atomic mass is 10.2. The molecule has 2 aliphatic rings. The molecule has 10 nitrogen and oxygen atoms in total. The molecule has 0 radical (unpaired) electrons. The molecule has 42 heavy (non-hydrogen) atoms. The van der Waals surface area contributed by atoms with Gasteiger partial charge in [-0.1, -0.05) is 12.1 Å². The largest absolute Gasteiger partial charge is 0.497 e. The number of likely N-dealkylation sites (N-methyl/N-ethyl adjacent to an activating group) is 1. The number of aromatic nitrogens is 4. The highest BCUT2D eigenvalue weighted by Crippen LogP contribution is 2.31. The molecule has 6 rings (SSSR count). The molecule has 2 fully saturated rings. The van der Waals surface area contributed by atoms with Gasteiger partial charge in [0.2, 0.25) is 11.9 Å². The van der Waals surface area contributed by atoms with Crippen LogP contribution in [0.2, 0.25) is 0 Å². The molecule has 1 saturated heterocycles. The van der Waals surface area contributed by atoms with Crippen LogP contribution in [0.4, 0.5) is 17.6 Å². The summed E-state index contributed by atoms with van der Waals surface area (Å²) in [6, 6.07) is 15.9. The summed E-state index contributed by atoms with van der Waals surface area (Å²) in [5.41, 5.74) is 1.95. The van der Waals surface area contributed by atoms with E-state index in [-0.39, 0.29) is 11.8 Å². The third-order valence-corrected chi connectivity index (χ3v) is 9.01. The zero-order valence-corrected chi connectivity index (χ0v) is 25.6. The fourth-order valence-corrected chi connectivity index (χ4v) is 6.17. The Balaban J connectivity index is 1.28. The number of hydrogen-bond donors (Lipinski definition) is 1. The lowest BCUT2D eigenvalue weighted by molar-refractivity contribution is -0.117. The van der Waals surface area contributed by atoms with Gasteiger partial charge in [0.15, 0.2) is 9.96 Å². The minimum Gasteiger partial charge on any atom is -0.497 e. The van der Waals surface area contributed by atoms with Crippen molar-refractivity contribution in [2.24, 2.45) is 10.9 Å². The fourth-order valence-electron chi connectivity index (χ4n) is 4.60. The lowest BCUT2D eigenvalue weighted by Crippen LogP contribution is -2.45. The van der Waals surface area contributed by atoms with Crippen LogP contribution in [0.1, 0.15) is 23.3 Å². The maximum atomic E-state index is 12.1. The number of hydrogen-bond acceptors (Lipinski definition) is 10. The Morgan fingerprint density at radius 1 is 1.05 bits per heavy atom. The average Bonchev–Trinajstić information content (AvgIpc) is 3.79. The summed E-state index contributed by atoms with van der Waals surface area (Å²) in [6.45, 7) is 6.33. The smallest absolute Gasteiger partial charge is 0.257 e. The highest BCUT2D eigenvalue weighted by molar-refractivity contribution is 7.99. The van der Waals surface area contributed by atoms with E-state index < -0.39 is 0 Å². The molecule has 2 aromatic heterocycles. The molecule has 0 atom stereocenters. The van der Waals surface area contributed by atoms with Crippen LogP contribution in [0.15, 0.2) is 69.8 Å². The van der Waals surface area contributed by atoms with E-state index >= 15 is 0 Å². The predicted molar refractivity (Wildman–Crippen MR) is 166 cm³/mol. The van der Waals surface area contributed by atoms with Crippen LogP contribution in [-0.2, 0) is 11.3 Å². The van der Waals surface area contributed by atoms with Crippen LogP contribution in [0, 0.1) is 12.8 Å². The molecule has 1 aliphatic heterocycles. The molecule has 2 aromatic carbocycles. The molecule has 4 aromatic rings. The Morgan fingerprint density at radius 3 is 2.48 bits per heavy atom. The summed E-state index contributed by atoms with van der Waals surface area (Å²) in [6.07, 6.45) is 4.07. The monoisotopic (exact) mass is 602 g/mol. The molecule has 3 heterocycles. The van der Waals surface area contributed by atoms with Gasteiger partial charge < -0.3 is 24.4 Å². The normalized spacial score (nSPS) is 16.1. The minimum atomic E-state index is 0.101. The highest BCUT2D eigenvalue weighted by Gasteiger charge is 2.29. The van der Waals surface area contributed by atoms with Crippen molar-refractivity contribution in [3.05, 3.63) is 70.0 Å². The summed E-state index contributed by atoms with van der Waals surface area (Å²) in [7, 11) is 3.80. The number of aryl methyl sites for hydroxylation is 1. The molecule has 1 amide bonds. The SMILES string of the molecule is COc1ccc(Cn2cc(C)s/c2=N\c2nc(Sc3ccc(NC(=O)C4CC4)cc3)nc(N3CCN(C)CC3)n2)cc1. The second kappa shape index (κ2) is 12.6. The summed E-state index contributed by atoms with van der Waals surface area (Å²) in [5.74, 6) is 2.13. The van der Waals surface area contributed by atoms with Crippen molar-refractivity contribution in [1.29, 1.82) is 0 Å². The summed E-state index contributed by atoms with van der Waals surface area (Å²) >= 11 is 3.08. The van der Waals surface area contributed by atoms with Crippen LogP contribution >= 0.6 is 23.1 Å². The Kier molecular flexibility index (Phi) is 8.54. The summed E-state index contributed by atoms with van der Waals surface area (Å²) in [5, 5.41) is 3.58.